The Balaban J connectivity index is 4.27. The van der Waals surface area contributed by atoms with Crippen molar-refractivity contribution in [2.75, 3.05) is 19.6 Å². The van der Waals surface area contributed by atoms with Crippen LogP contribution in [0.2, 0.25) is 0 Å². The number of carbonyl (C=O) groups is 2. The average molecular weight is 210 g/mol. The number of hydrogen-bond donors (Lipinski definition) is 1. The highest BCUT2D eigenvalue weighted by Gasteiger charge is 2.18. The topological polar surface area (TPSA) is 49.4 Å². The number of rotatable bonds is 6. The predicted octanol–water partition coefficient (Wildman–Crippen LogP) is 0.713. The van der Waals surface area contributed by atoms with Crippen molar-refractivity contribution in [2.24, 2.45) is 0 Å². The summed E-state index contributed by atoms with van der Waals surface area (Å²) in [6.45, 7) is 10.2. The van der Waals surface area contributed by atoms with Gasteiger partial charge in [-0.25, -0.2) is 0 Å². The first kappa shape index (κ1) is 13.4. The molecule has 84 valence electrons. The van der Waals surface area contributed by atoms with E-state index in [1.54, 1.807) is 12.2 Å². The van der Waals surface area contributed by atoms with E-state index in [9.17, 15) is 9.59 Å². The fraction of sp³-hybridized carbons (Fsp3) is 0.455. The van der Waals surface area contributed by atoms with Crippen LogP contribution < -0.4 is 5.32 Å². The van der Waals surface area contributed by atoms with E-state index in [0.717, 1.165) is 6.42 Å². The lowest BCUT2D eigenvalue weighted by molar-refractivity contribution is -0.145. The van der Waals surface area contributed by atoms with Crippen LogP contribution in [0.15, 0.2) is 25.3 Å². The molecule has 1 N–H and O–H groups in total. The van der Waals surface area contributed by atoms with E-state index < -0.39 is 11.8 Å². The molecule has 2 amide bonds. The van der Waals surface area contributed by atoms with Gasteiger partial charge in [0.15, 0.2) is 0 Å². The van der Waals surface area contributed by atoms with E-state index in [4.69, 9.17) is 0 Å². The van der Waals surface area contributed by atoms with Crippen molar-refractivity contribution < 1.29 is 9.59 Å². The van der Waals surface area contributed by atoms with Crippen LogP contribution >= 0.6 is 0 Å². The molecule has 15 heavy (non-hydrogen) atoms. The zero-order valence-electron chi connectivity index (χ0n) is 9.16. The van der Waals surface area contributed by atoms with Crippen LogP contribution in [0.3, 0.4) is 0 Å². The molecule has 0 fully saturated rings. The standard InChI is InChI=1S/C11H18N2O2/c1-4-7-12-10(14)11(15)13(8-5-2)9-6-3/h5-6H,2-4,7-9H2,1H3,(H,12,14). The van der Waals surface area contributed by atoms with Gasteiger partial charge >= 0.3 is 11.8 Å². The largest absolute Gasteiger partial charge is 0.348 e. The monoisotopic (exact) mass is 210 g/mol. The van der Waals surface area contributed by atoms with Crippen molar-refractivity contribution in [1.82, 2.24) is 10.2 Å². The van der Waals surface area contributed by atoms with E-state index in [-0.39, 0.29) is 0 Å². The Kier molecular flexibility index (Phi) is 6.97. The van der Waals surface area contributed by atoms with Crippen LogP contribution in [0.25, 0.3) is 0 Å². The molecule has 0 unspecified atom stereocenters. The molecular formula is C11H18N2O2. The van der Waals surface area contributed by atoms with Crippen LogP contribution in [0.4, 0.5) is 0 Å². The zero-order chi connectivity index (χ0) is 11.7. The second-order valence-corrected chi connectivity index (χ2v) is 3.04. The molecule has 0 radical (unpaired) electrons. The molecule has 0 saturated heterocycles. The Morgan fingerprint density at radius 3 is 2.20 bits per heavy atom. The van der Waals surface area contributed by atoms with Gasteiger partial charge in [0.1, 0.15) is 0 Å². The minimum atomic E-state index is -0.569. The molecule has 0 saturated carbocycles. The molecule has 0 bridgehead atoms. The molecule has 4 heteroatoms. The normalized spacial score (nSPS) is 9.13. The molecule has 0 aliphatic carbocycles. The fourth-order valence-electron chi connectivity index (χ4n) is 1.01. The quantitative estimate of drug-likeness (QED) is 0.518. The molecule has 0 aliphatic heterocycles. The lowest BCUT2D eigenvalue weighted by Gasteiger charge is -2.18. The summed E-state index contributed by atoms with van der Waals surface area (Å²) in [5, 5.41) is 2.53. The molecule has 0 aromatic rings. The Morgan fingerprint density at radius 1 is 1.27 bits per heavy atom. The van der Waals surface area contributed by atoms with Gasteiger partial charge in [-0.1, -0.05) is 19.1 Å². The summed E-state index contributed by atoms with van der Waals surface area (Å²) in [5.41, 5.74) is 0. The number of carbonyl (C=O) groups excluding carboxylic acids is 2. The summed E-state index contributed by atoms with van der Waals surface area (Å²) in [4.78, 5) is 24.2. The molecular weight excluding hydrogens is 192 g/mol. The van der Waals surface area contributed by atoms with Crippen LogP contribution in [0.1, 0.15) is 13.3 Å². The smallest absolute Gasteiger partial charge is 0.312 e. The van der Waals surface area contributed by atoms with Crippen molar-refractivity contribution in [3.05, 3.63) is 25.3 Å². The van der Waals surface area contributed by atoms with E-state index in [2.05, 4.69) is 18.5 Å². The summed E-state index contributed by atoms with van der Waals surface area (Å²) in [6, 6.07) is 0. The maximum atomic E-state index is 11.5. The Bertz CT molecular complexity index is 239. The summed E-state index contributed by atoms with van der Waals surface area (Å²) < 4.78 is 0. The molecule has 0 aliphatic rings. The summed E-state index contributed by atoms with van der Waals surface area (Å²) >= 11 is 0. The first-order valence-electron chi connectivity index (χ1n) is 4.96. The third kappa shape index (κ3) is 5.00. The van der Waals surface area contributed by atoms with E-state index >= 15 is 0 Å². The summed E-state index contributed by atoms with van der Waals surface area (Å²) in [5.74, 6) is -1.11. The van der Waals surface area contributed by atoms with Gasteiger partial charge in [-0.3, -0.25) is 9.59 Å². The third-order valence-corrected chi connectivity index (χ3v) is 1.72. The van der Waals surface area contributed by atoms with Crippen LogP contribution in [-0.2, 0) is 9.59 Å². The van der Waals surface area contributed by atoms with Crippen molar-refractivity contribution in [2.45, 2.75) is 13.3 Å². The van der Waals surface area contributed by atoms with Crippen molar-refractivity contribution >= 4 is 11.8 Å². The van der Waals surface area contributed by atoms with Crippen molar-refractivity contribution in [3.8, 4) is 0 Å². The summed E-state index contributed by atoms with van der Waals surface area (Å²) in [7, 11) is 0. The second kappa shape index (κ2) is 7.79. The van der Waals surface area contributed by atoms with Gasteiger partial charge in [0, 0.05) is 19.6 Å². The average Bonchev–Trinajstić information content (AvgIpc) is 2.24. The predicted molar refractivity (Wildman–Crippen MR) is 60.3 cm³/mol. The van der Waals surface area contributed by atoms with Crippen molar-refractivity contribution in [3.63, 3.8) is 0 Å². The second-order valence-electron chi connectivity index (χ2n) is 3.04. The molecule has 0 aromatic heterocycles. The van der Waals surface area contributed by atoms with Gasteiger partial charge in [-0.15, -0.1) is 13.2 Å². The SMILES string of the molecule is C=CCN(CC=C)C(=O)C(=O)NCCC. The highest BCUT2D eigenvalue weighted by molar-refractivity contribution is 6.35. The van der Waals surface area contributed by atoms with Gasteiger partial charge in [0.05, 0.1) is 0 Å². The first-order valence-corrected chi connectivity index (χ1v) is 4.96. The highest BCUT2D eigenvalue weighted by Crippen LogP contribution is 1.91. The maximum Gasteiger partial charge on any atom is 0.312 e. The molecule has 0 spiro atoms. The minimum absolute atomic E-state index is 0.352. The number of hydrogen-bond acceptors (Lipinski definition) is 2. The Morgan fingerprint density at radius 2 is 1.80 bits per heavy atom. The van der Waals surface area contributed by atoms with E-state index in [0.29, 0.717) is 19.6 Å². The summed E-state index contributed by atoms with van der Waals surface area (Å²) in [6.07, 6.45) is 3.96. The molecule has 0 aromatic carbocycles. The van der Waals surface area contributed by atoms with Crippen LogP contribution in [-0.4, -0.2) is 36.3 Å². The van der Waals surface area contributed by atoms with E-state index in [1.807, 2.05) is 6.92 Å². The zero-order valence-corrected chi connectivity index (χ0v) is 9.16. The van der Waals surface area contributed by atoms with Gasteiger partial charge in [0.25, 0.3) is 0 Å². The van der Waals surface area contributed by atoms with Crippen LogP contribution in [0.5, 0.6) is 0 Å². The van der Waals surface area contributed by atoms with Crippen LogP contribution in [0, 0.1) is 0 Å². The molecule has 0 atom stereocenters. The number of nitrogens with one attached hydrogen (secondary N) is 1. The molecule has 4 nitrogen and oxygen atoms in total. The molecule has 0 heterocycles. The highest BCUT2D eigenvalue weighted by atomic mass is 16.2. The van der Waals surface area contributed by atoms with Gasteiger partial charge < -0.3 is 10.2 Å². The first-order chi connectivity index (χ1) is 7.17. The lowest BCUT2D eigenvalue weighted by Crippen LogP contribution is -2.43. The Hall–Kier alpha value is -1.58. The van der Waals surface area contributed by atoms with Gasteiger partial charge in [-0.2, -0.15) is 0 Å². The maximum absolute atomic E-state index is 11.5. The number of amides is 2. The van der Waals surface area contributed by atoms with E-state index in [1.165, 1.54) is 4.90 Å². The minimum Gasteiger partial charge on any atom is -0.348 e. The molecule has 0 rings (SSSR count). The fourth-order valence-corrected chi connectivity index (χ4v) is 1.01. The lowest BCUT2D eigenvalue weighted by atomic mass is 10.4. The third-order valence-electron chi connectivity index (χ3n) is 1.72. The number of nitrogens with zero attached hydrogens (tertiary/aromatic N) is 1. The Labute approximate surface area is 90.6 Å². The van der Waals surface area contributed by atoms with Gasteiger partial charge in [0.2, 0.25) is 0 Å². The van der Waals surface area contributed by atoms with Crippen molar-refractivity contribution in [1.29, 1.82) is 0 Å². The van der Waals surface area contributed by atoms with Gasteiger partial charge in [-0.05, 0) is 6.42 Å².